The standard InChI is InChI=1S/C22H21F3N2O/c23-22(24,25)18-13-7-12-17(14-18)20-26-21(28-27-20)19(15-8-3-1-4-9-15)16-10-5-2-6-11-16/h1,3-4,7-9,12-14,16,19H,2,5-6,10-11H2. The number of alkyl halides is 3. The Kier molecular flexibility index (Phi) is 5.20. The Bertz CT molecular complexity index is 915. The van der Waals surface area contributed by atoms with Gasteiger partial charge in [-0.15, -0.1) is 0 Å². The van der Waals surface area contributed by atoms with Crippen LogP contribution in [-0.4, -0.2) is 10.1 Å². The predicted octanol–water partition coefficient (Wildman–Crippen LogP) is 6.47. The molecule has 1 saturated carbocycles. The van der Waals surface area contributed by atoms with Crippen LogP contribution in [0.4, 0.5) is 13.2 Å². The highest BCUT2D eigenvalue weighted by Crippen LogP contribution is 2.40. The van der Waals surface area contributed by atoms with Crippen molar-refractivity contribution in [2.45, 2.75) is 44.2 Å². The summed E-state index contributed by atoms with van der Waals surface area (Å²) in [6.07, 6.45) is 1.33. The molecule has 1 atom stereocenters. The first-order chi connectivity index (χ1) is 13.5. The van der Waals surface area contributed by atoms with Crippen molar-refractivity contribution >= 4 is 0 Å². The summed E-state index contributed by atoms with van der Waals surface area (Å²) in [7, 11) is 0. The van der Waals surface area contributed by atoms with Crippen LogP contribution in [0, 0.1) is 5.92 Å². The van der Waals surface area contributed by atoms with Crippen LogP contribution in [0.3, 0.4) is 0 Å². The van der Waals surface area contributed by atoms with Gasteiger partial charge in [0.15, 0.2) is 0 Å². The van der Waals surface area contributed by atoms with E-state index in [9.17, 15) is 13.2 Å². The molecule has 3 aromatic rings. The van der Waals surface area contributed by atoms with Gasteiger partial charge in [0, 0.05) is 5.56 Å². The van der Waals surface area contributed by atoms with Gasteiger partial charge in [-0.3, -0.25) is 0 Å². The Hall–Kier alpha value is -2.63. The van der Waals surface area contributed by atoms with E-state index in [1.165, 1.54) is 25.3 Å². The Balaban J connectivity index is 1.69. The number of hydrogen-bond donors (Lipinski definition) is 0. The van der Waals surface area contributed by atoms with E-state index in [0.29, 0.717) is 17.4 Å². The van der Waals surface area contributed by atoms with E-state index in [2.05, 4.69) is 10.1 Å². The van der Waals surface area contributed by atoms with Gasteiger partial charge in [-0.1, -0.05) is 66.9 Å². The zero-order valence-corrected chi connectivity index (χ0v) is 15.3. The fourth-order valence-corrected chi connectivity index (χ4v) is 4.06. The second kappa shape index (κ2) is 7.78. The molecule has 1 heterocycles. The lowest BCUT2D eigenvalue weighted by molar-refractivity contribution is -0.137. The summed E-state index contributed by atoms with van der Waals surface area (Å²) in [5.74, 6) is 1.03. The van der Waals surface area contributed by atoms with Crippen LogP contribution in [0.5, 0.6) is 0 Å². The van der Waals surface area contributed by atoms with Crippen LogP contribution < -0.4 is 0 Å². The Morgan fingerprint density at radius 2 is 1.68 bits per heavy atom. The summed E-state index contributed by atoms with van der Waals surface area (Å²) >= 11 is 0. The lowest BCUT2D eigenvalue weighted by Crippen LogP contribution is -2.18. The average Bonchev–Trinajstić information content (AvgIpc) is 3.19. The molecule has 1 fully saturated rings. The fraction of sp³-hybridized carbons (Fsp3) is 0.364. The molecule has 0 aliphatic heterocycles. The second-order valence-electron chi connectivity index (χ2n) is 7.32. The van der Waals surface area contributed by atoms with Crippen LogP contribution in [0.25, 0.3) is 11.4 Å². The smallest absolute Gasteiger partial charge is 0.338 e. The molecule has 0 amide bonds. The van der Waals surface area contributed by atoms with Crippen LogP contribution in [-0.2, 0) is 6.18 Å². The minimum absolute atomic E-state index is 0.0338. The molecule has 0 spiro atoms. The van der Waals surface area contributed by atoms with Gasteiger partial charge in [-0.05, 0) is 36.5 Å². The van der Waals surface area contributed by atoms with Crippen molar-refractivity contribution in [2.24, 2.45) is 5.92 Å². The molecule has 146 valence electrons. The summed E-state index contributed by atoms with van der Waals surface area (Å²) in [4.78, 5) is 4.51. The number of halogens is 3. The third-order valence-electron chi connectivity index (χ3n) is 5.44. The number of rotatable bonds is 4. The summed E-state index contributed by atoms with van der Waals surface area (Å²) < 4.78 is 44.6. The SMILES string of the molecule is FC(F)(F)c1cccc(-c2noc(C(c3ccccc3)C3CCCCC3)n2)c1. The molecule has 1 aromatic heterocycles. The lowest BCUT2D eigenvalue weighted by Gasteiger charge is -2.28. The zero-order valence-electron chi connectivity index (χ0n) is 15.3. The van der Waals surface area contributed by atoms with Gasteiger partial charge in [-0.2, -0.15) is 18.2 Å². The molecular weight excluding hydrogens is 365 g/mol. The molecule has 1 aliphatic rings. The van der Waals surface area contributed by atoms with Crippen LogP contribution >= 0.6 is 0 Å². The maximum absolute atomic E-state index is 13.0. The van der Waals surface area contributed by atoms with Crippen molar-refractivity contribution in [2.75, 3.05) is 0 Å². The molecule has 0 radical (unpaired) electrons. The minimum atomic E-state index is -4.41. The molecule has 6 heteroatoms. The number of aromatic nitrogens is 2. The highest BCUT2D eigenvalue weighted by Gasteiger charge is 2.33. The third-order valence-corrected chi connectivity index (χ3v) is 5.44. The van der Waals surface area contributed by atoms with Crippen molar-refractivity contribution in [3.63, 3.8) is 0 Å². The zero-order chi connectivity index (χ0) is 19.6. The van der Waals surface area contributed by atoms with Crippen LogP contribution in [0.1, 0.15) is 55.0 Å². The quantitative estimate of drug-likeness (QED) is 0.516. The van der Waals surface area contributed by atoms with Gasteiger partial charge in [-0.25, -0.2) is 0 Å². The Morgan fingerprint density at radius 1 is 0.929 bits per heavy atom. The van der Waals surface area contributed by atoms with E-state index < -0.39 is 11.7 Å². The molecule has 0 saturated heterocycles. The Labute approximate surface area is 161 Å². The maximum Gasteiger partial charge on any atom is 0.416 e. The summed E-state index contributed by atoms with van der Waals surface area (Å²) in [6.45, 7) is 0. The predicted molar refractivity (Wildman–Crippen MR) is 99.6 cm³/mol. The number of hydrogen-bond acceptors (Lipinski definition) is 3. The van der Waals surface area contributed by atoms with Crippen LogP contribution in [0.2, 0.25) is 0 Å². The first-order valence-corrected chi connectivity index (χ1v) is 9.58. The van der Waals surface area contributed by atoms with Gasteiger partial charge >= 0.3 is 6.18 Å². The third kappa shape index (κ3) is 3.96. The van der Waals surface area contributed by atoms with E-state index in [0.717, 1.165) is 30.5 Å². The fourth-order valence-electron chi connectivity index (χ4n) is 4.06. The molecular formula is C22H21F3N2O. The highest BCUT2D eigenvalue weighted by molar-refractivity contribution is 5.56. The first kappa shape index (κ1) is 18.7. The van der Waals surface area contributed by atoms with E-state index in [1.807, 2.05) is 30.3 Å². The summed E-state index contributed by atoms with van der Waals surface area (Å²) in [5, 5.41) is 4.00. The Morgan fingerprint density at radius 3 is 2.39 bits per heavy atom. The minimum Gasteiger partial charge on any atom is -0.338 e. The molecule has 0 bridgehead atoms. The average molecular weight is 386 g/mol. The molecule has 2 aromatic carbocycles. The van der Waals surface area contributed by atoms with Gasteiger partial charge < -0.3 is 4.52 Å². The normalized spacial score (nSPS) is 16.8. The molecule has 0 N–H and O–H groups in total. The van der Waals surface area contributed by atoms with E-state index in [1.54, 1.807) is 6.07 Å². The summed E-state index contributed by atoms with van der Waals surface area (Å²) in [5.41, 5.74) is 0.692. The molecule has 1 aliphatic carbocycles. The summed E-state index contributed by atoms with van der Waals surface area (Å²) in [6, 6.07) is 15.1. The van der Waals surface area contributed by atoms with Crippen molar-refractivity contribution in [3.8, 4) is 11.4 Å². The second-order valence-corrected chi connectivity index (χ2v) is 7.32. The van der Waals surface area contributed by atoms with Gasteiger partial charge in [0.2, 0.25) is 11.7 Å². The monoisotopic (exact) mass is 386 g/mol. The largest absolute Gasteiger partial charge is 0.416 e. The maximum atomic E-state index is 13.0. The van der Waals surface area contributed by atoms with Gasteiger partial charge in [0.05, 0.1) is 11.5 Å². The van der Waals surface area contributed by atoms with Crippen molar-refractivity contribution in [1.82, 2.24) is 10.1 Å². The van der Waals surface area contributed by atoms with Crippen molar-refractivity contribution in [3.05, 3.63) is 71.6 Å². The lowest BCUT2D eigenvalue weighted by atomic mass is 9.76. The van der Waals surface area contributed by atoms with Gasteiger partial charge in [0.1, 0.15) is 0 Å². The van der Waals surface area contributed by atoms with E-state index >= 15 is 0 Å². The molecule has 28 heavy (non-hydrogen) atoms. The number of benzene rings is 2. The van der Waals surface area contributed by atoms with E-state index in [-0.39, 0.29) is 11.7 Å². The van der Waals surface area contributed by atoms with E-state index in [4.69, 9.17) is 4.52 Å². The van der Waals surface area contributed by atoms with Gasteiger partial charge in [0.25, 0.3) is 0 Å². The molecule has 1 unspecified atom stereocenters. The molecule has 3 nitrogen and oxygen atoms in total. The van der Waals surface area contributed by atoms with Crippen molar-refractivity contribution < 1.29 is 17.7 Å². The van der Waals surface area contributed by atoms with Crippen LogP contribution in [0.15, 0.2) is 59.1 Å². The van der Waals surface area contributed by atoms with Crippen molar-refractivity contribution in [1.29, 1.82) is 0 Å². The molecule has 4 rings (SSSR count). The number of nitrogens with zero attached hydrogens (tertiary/aromatic N) is 2. The topological polar surface area (TPSA) is 38.9 Å². The highest BCUT2D eigenvalue weighted by atomic mass is 19.4. The first-order valence-electron chi connectivity index (χ1n) is 9.58.